The molecule has 0 heterocycles. The Morgan fingerprint density at radius 1 is 0.667 bits per heavy atom. The largest absolute Gasteiger partial charge is 0.537 e. The van der Waals surface area contributed by atoms with Crippen LogP contribution in [0.15, 0.2) is 0 Å². The van der Waals surface area contributed by atoms with E-state index in [0.717, 1.165) is 0 Å². The van der Waals surface area contributed by atoms with E-state index in [1.165, 1.54) is 0 Å². The van der Waals surface area contributed by atoms with E-state index < -0.39 is 58.3 Å². The molecule has 27 heavy (non-hydrogen) atoms. The highest BCUT2D eigenvalue weighted by Gasteiger charge is 2.88. The fourth-order valence-electron chi connectivity index (χ4n) is 1.26. The van der Waals surface area contributed by atoms with Crippen LogP contribution in [0.1, 0.15) is 0 Å². The summed E-state index contributed by atoms with van der Waals surface area (Å²) in [7, 11) is -6.91. The molecule has 19 heteroatoms. The van der Waals surface area contributed by atoms with E-state index in [1.807, 2.05) is 4.18 Å². The minimum absolute atomic E-state index is 1.92. The molecular formula is C8H3F15O3S. The first-order valence-electron chi connectivity index (χ1n) is 5.53. The second-order valence-corrected chi connectivity index (χ2v) is 6.15. The summed E-state index contributed by atoms with van der Waals surface area (Å²) in [6.45, 7) is 0. The van der Waals surface area contributed by atoms with Gasteiger partial charge < -0.3 is 0 Å². The maximum atomic E-state index is 13.1. The second kappa shape index (κ2) is 6.73. The summed E-state index contributed by atoms with van der Waals surface area (Å²) in [5.74, 6) is -42.3. The van der Waals surface area contributed by atoms with Crippen LogP contribution in [0.4, 0.5) is 65.9 Å². The molecule has 3 nitrogen and oxygen atoms in total. The third kappa shape index (κ3) is 4.65. The van der Waals surface area contributed by atoms with Crippen LogP contribution in [0.25, 0.3) is 0 Å². The average Bonchev–Trinajstić information content (AvgIpc) is 2.32. The summed E-state index contributed by atoms with van der Waals surface area (Å²) in [5.41, 5.74) is 0. The van der Waals surface area contributed by atoms with Gasteiger partial charge in [-0.1, -0.05) is 0 Å². The molecule has 0 aromatic rings. The molecule has 0 amide bonds. The van der Waals surface area contributed by atoms with Gasteiger partial charge in [-0.15, -0.1) is 13.2 Å². The minimum Gasteiger partial charge on any atom is -0.203 e. The van der Waals surface area contributed by atoms with Crippen LogP contribution < -0.4 is 0 Å². The van der Waals surface area contributed by atoms with E-state index in [-0.39, 0.29) is 0 Å². The number of hydrogen-bond donors (Lipinski definition) is 0. The number of rotatable bonds is 8. The van der Waals surface area contributed by atoms with Crippen molar-refractivity contribution in [3.05, 3.63) is 0 Å². The van der Waals surface area contributed by atoms with Crippen molar-refractivity contribution in [1.29, 1.82) is 0 Å². The number of hydrogen-bond acceptors (Lipinski definition) is 3. The van der Waals surface area contributed by atoms with E-state index in [2.05, 4.69) is 0 Å². The van der Waals surface area contributed by atoms with Crippen LogP contribution in [-0.4, -0.2) is 56.6 Å². The molecule has 0 aromatic heterocycles. The Labute approximate surface area is 138 Å². The SMILES string of the molecule is O=S(=O)(CC(F)(F)C(F)(F)C(F)(F)C(F)(F)C(F)(F)C(F)F)OC(F)(F)F. The quantitative estimate of drug-likeness (QED) is 0.398. The first-order chi connectivity index (χ1) is 11.4. The molecule has 0 N–H and O–H groups in total. The van der Waals surface area contributed by atoms with Crippen molar-refractivity contribution in [2.45, 2.75) is 42.4 Å². The molecule has 0 fully saturated rings. The minimum atomic E-state index is -8.06. The zero-order chi connectivity index (χ0) is 22.5. The van der Waals surface area contributed by atoms with Crippen molar-refractivity contribution in [2.75, 3.05) is 5.75 Å². The van der Waals surface area contributed by atoms with Crippen LogP contribution in [0.3, 0.4) is 0 Å². The third-order valence-electron chi connectivity index (χ3n) is 2.52. The van der Waals surface area contributed by atoms with E-state index in [1.54, 1.807) is 0 Å². The van der Waals surface area contributed by atoms with Crippen molar-refractivity contribution in [3.8, 4) is 0 Å². The fraction of sp³-hybridized carbons (Fsp3) is 1.00. The lowest BCUT2D eigenvalue weighted by Crippen LogP contribution is -2.69. The van der Waals surface area contributed by atoms with Crippen LogP contribution in [0.5, 0.6) is 0 Å². The summed E-state index contributed by atoms with van der Waals surface area (Å²) in [6, 6.07) is 0. The van der Waals surface area contributed by atoms with Crippen LogP contribution in [-0.2, 0) is 14.3 Å². The summed E-state index contributed by atoms with van der Waals surface area (Å²) >= 11 is 0. The smallest absolute Gasteiger partial charge is 0.203 e. The van der Waals surface area contributed by atoms with E-state index >= 15 is 0 Å². The van der Waals surface area contributed by atoms with Crippen molar-refractivity contribution < 1.29 is 78.5 Å². The highest BCUT2D eigenvalue weighted by Crippen LogP contribution is 2.58. The van der Waals surface area contributed by atoms with Gasteiger partial charge in [0.1, 0.15) is 5.75 Å². The van der Waals surface area contributed by atoms with Gasteiger partial charge in [0.05, 0.1) is 0 Å². The summed E-state index contributed by atoms with van der Waals surface area (Å²) < 4.78 is 210. The third-order valence-corrected chi connectivity index (χ3v) is 3.68. The summed E-state index contributed by atoms with van der Waals surface area (Å²) in [6.07, 6.45) is -12.1. The zero-order valence-electron chi connectivity index (χ0n) is 11.6. The lowest BCUT2D eigenvalue weighted by Gasteiger charge is -2.38. The van der Waals surface area contributed by atoms with Crippen LogP contribution in [0.2, 0.25) is 0 Å². The van der Waals surface area contributed by atoms with Gasteiger partial charge in [0, 0.05) is 0 Å². The fourth-order valence-corrected chi connectivity index (χ4v) is 2.23. The molecule has 0 saturated carbocycles. The maximum Gasteiger partial charge on any atom is 0.537 e. The standard InChI is InChI=1S/C8H3F15O3S/c9-2(10)4(13,14)6(17,18)7(19,20)5(15,16)3(11,12)1-27(24,25)26-8(21,22)23/h2H,1H2. The van der Waals surface area contributed by atoms with Gasteiger partial charge in [0.2, 0.25) is 0 Å². The van der Waals surface area contributed by atoms with Crippen LogP contribution >= 0.6 is 0 Å². The molecule has 0 atom stereocenters. The normalized spacial score (nSPS) is 16.1. The van der Waals surface area contributed by atoms with Crippen molar-refractivity contribution in [1.82, 2.24) is 0 Å². The van der Waals surface area contributed by atoms with E-state index in [4.69, 9.17) is 0 Å². The molecule has 0 aliphatic heterocycles. The molecule has 0 aromatic carbocycles. The van der Waals surface area contributed by atoms with Gasteiger partial charge in [-0.05, 0) is 0 Å². The van der Waals surface area contributed by atoms with Gasteiger partial charge in [-0.2, -0.15) is 56.5 Å². The second-order valence-electron chi connectivity index (χ2n) is 4.58. The van der Waals surface area contributed by atoms with Crippen molar-refractivity contribution in [2.24, 2.45) is 0 Å². The Bertz CT molecular complexity index is 634. The van der Waals surface area contributed by atoms with Gasteiger partial charge in [0.25, 0.3) is 10.1 Å². The average molecular weight is 464 g/mol. The van der Waals surface area contributed by atoms with Gasteiger partial charge in [0.15, 0.2) is 0 Å². The number of halogens is 15. The molecule has 0 aliphatic rings. The predicted octanol–water partition coefficient (Wildman–Crippen LogP) is 4.29. The molecule has 0 unspecified atom stereocenters. The van der Waals surface area contributed by atoms with Gasteiger partial charge in [-0.25, -0.2) is 8.78 Å². The van der Waals surface area contributed by atoms with Crippen molar-refractivity contribution in [3.63, 3.8) is 0 Å². The first kappa shape index (κ1) is 25.9. The zero-order valence-corrected chi connectivity index (χ0v) is 12.4. The molecular weight excluding hydrogens is 461 g/mol. The molecule has 0 radical (unpaired) electrons. The molecule has 0 rings (SSSR count). The number of alkyl halides is 15. The van der Waals surface area contributed by atoms with Gasteiger partial charge in [-0.3, -0.25) is 0 Å². The van der Waals surface area contributed by atoms with Gasteiger partial charge >= 0.3 is 42.4 Å². The van der Waals surface area contributed by atoms with E-state index in [9.17, 15) is 74.3 Å². The Kier molecular flexibility index (Phi) is 6.45. The Balaban J connectivity index is 6.15. The molecule has 0 bridgehead atoms. The lowest BCUT2D eigenvalue weighted by atomic mass is 9.95. The maximum absolute atomic E-state index is 13.1. The summed E-state index contributed by atoms with van der Waals surface area (Å²) in [4.78, 5) is 0. The Hall–Kier alpha value is -1.14. The molecule has 0 saturated heterocycles. The van der Waals surface area contributed by atoms with Crippen molar-refractivity contribution >= 4 is 10.1 Å². The predicted molar refractivity (Wildman–Crippen MR) is 51.7 cm³/mol. The highest BCUT2D eigenvalue weighted by atomic mass is 32.2. The topological polar surface area (TPSA) is 43.4 Å². The summed E-state index contributed by atoms with van der Waals surface area (Å²) in [5, 5.41) is 0. The van der Waals surface area contributed by atoms with Crippen LogP contribution in [0, 0.1) is 0 Å². The first-order valence-corrected chi connectivity index (χ1v) is 7.11. The molecule has 0 spiro atoms. The molecule has 0 aliphatic carbocycles. The monoisotopic (exact) mass is 464 g/mol. The Morgan fingerprint density at radius 3 is 1.33 bits per heavy atom. The van der Waals surface area contributed by atoms with E-state index in [0.29, 0.717) is 0 Å². The lowest BCUT2D eigenvalue weighted by molar-refractivity contribution is -0.410. The highest BCUT2D eigenvalue weighted by molar-refractivity contribution is 7.86. The Morgan fingerprint density at radius 2 is 1.04 bits per heavy atom. The molecule has 164 valence electrons.